The Kier molecular flexibility index (Phi) is 5.22. The lowest BCUT2D eigenvalue weighted by molar-refractivity contribution is 0.0698. The zero-order valence-electron chi connectivity index (χ0n) is 12.1. The predicted octanol–water partition coefficient (Wildman–Crippen LogP) is 3.64. The highest BCUT2D eigenvalue weighted by Crippen LogP contribution is 2.30. The first-order valence-corrected chi connectivity index (χ1v) is 7.57. The van der Waals surface area contributed by atoms with Crippen LogP contribution < -0.4 is 9.47 Å². The standard InChI is InChI=1S/C16H18O4S/c1-3-13-10-14(15(21-13)16(17)18)20-9-8-11-4-6-12(19-2)7-5-11/h4-7,10H,3,8-9H2,1-2H3,(H,17,18). The minimum Gasteiger partial charge on any atom is -0.497 e. The molecule has 0 amide bonds. The maximum Gasteiger partial charge on any atom is 0.349 e. The molecule has 112 valence electrons. The molecule has 4 nitrogen and oxygen atoms in total. The normalized spacial score (nSPS) is 10.4. The van der Waals surface area contributed by atoms with Gasteiger partial charge in [0.15, 0.2) is 4.88 Å². The molecule has 5 heteroatoms. The number of aromatic carboxylic acids is 1. The summed E-state index contributed by atoms with van der Waals surface area (Å²) < 4.78 is 10.7. The summed E-state index contributed by atoms with van der Waals surface area (Å²) in [5, 5.41) is 9.17. The molecule has 21 heavy (non-hydrogen) atoms. The highest BCUT2D eigenvalue weighted by atomic mass is 32.1. The van der Waals surface area contributed by atoms with E-state index in [1.807, 2.05) is 37.3 Å². The van der Waals surface area contributed by atoms with Crippen LogP contribution in [0.1, 0.15) is 27.0 Å². The first-order valence-electron chi connectivity index (χ1n) is 6.75. The van der Waals surface area contributed by atoms with Gasteiger partial charge in [0.2, 0.25) is 0 Å². The monoisotopic (exact) mass is 306 g/mol. The summed E-state index contributed by atoms with van der Waals surface area (Å²) in [5.41, 5.74) is 1.12. The number of benzene rings is 1. The second-order valence-electron chi connectivity index (χ2n) is 4.51. The van der Waals surface area contributed by atoms with E-state index < -0.39 is 5.97 Å². The Hall–Kier alpha value is -2.01. The van der Waals surface area contributed by atoms with Crippen molar-refractivity contribution in [2.45, 2.75) is 19.8 Å². The van der Waals surface area contributed by atoms with Crippen LogP contribution in [0.25, 0.3) is 0 Å². The fraction of sp³-hybridized carbons (Fsp3) is 0.312. The van der Waals surface area contributed by atoms with Crippen LogP contribution in [0.5, 0.6) is 11.5 Å². The van der Waals surface area contributed by atoms with Gasteiger partial charge in [-0.15, -0.1) is 11.3 Å². The molecule has 0 aliphatic heterocycles. The first-order chi connectivity index (χ1) is 10.1. The van der Waals surface area contributed by atoms with E-state index in [0.717, 1.165) is 29.0 Å². The molecule has 0 atom stereocenters. The van der Waals surface area contributed by atoms with Crippen LogP contribution >= 0.6 is 11.3 Å². The molecule has 0 saturated heterocycles. The molecule has 0 radical (unpaired) electrons. The summed E-state index contributed by atoms with van der Waals surface area (Å²) in [4.78, 5) is 12.5. The lowest BCUT2D eigenvalue weighted by atomic mass is 10.1. The molecule has 0 spiro atoms. The number of carboxylic acid groups (broad SMARTS) is 1. The zero-order chi connectivity index (χ0) is 15.2. The Morgan fingerprint density at radius 2 is 2.00 bits per heavy atom. The molecular weight excluding hydrogens is 288 g/mol. The van der Waals surface area contributed by atoms with E-state index in [0.29, 0.717) is 12.4 Å². The third kappa shape index (κ3) is 3.98. The van der Waals surface area contributed by atoms with Crippen molar-refractivity contribution in [1.82, 2.24) is 0 Å². The summed E-state index contributed by atoms with van der Waals surface area (Å²) in [6.07, 6.45) is 1.53. The smallest absolute Gasteiger partial charge is 0.349 e. The molecule has 1 heterocycles. The van der Waals surface area contributed by atoms with Crippen LogP contribution in [0.3, 0.4) is 0 Å². The maximum atomic E-state index is 11.2. The van der Waals surface area contributed by atoms with Crippen molar-refractivity contribution in [3.05, 3.63) is 45.6 Å². The van der Waals surface area contributed by atoms with E-state index in [2.05, 4.69) is 0 Å². The van der Waals surface area contributed by atoms with Crippen molar-refractivity contribution >= 4 is 17.3 Å². The molecule has 0 unspecified atom stereocenters. The van der Waals surface area contributed by atoms with Crippen molar-refractivity contribution in [2.75, 3.05) is 13.7 Å². The van der Waals surface area contributed by atoms with Gasteiger partial charge in [0, 0.05) is 11.3 Å². The Morgan fingerprint density at radius 1 is 1.29 bits per heavy atom. The fourth-order valence-corrected chi connectivity index (χ4v) is 2.80. The summed E-state index contributed by atoms with van der Waals surface area (Å²) >= 11 is 1.28. The van der Waals surface area contributed by atoms with Crippen molar-refractivity contribution < 1.29 is 19.4 Å². The van der Waals surface area contributed by atoms with Gasteiger partial charge in [0.1, 0.15) is 11.5 Å². The average Bonchev–Trinajstić information content (AvgIpc) is 2.91. The van der Waals surface area contributed by atoms with Gasteiger partial charge in [-0.1, -0.05) is 19.1 Å². The Labute approximate surface area is 128 Å². The molecule has 2 rings (SSSR count). The lowest BCUT2D eigenvalue weighted by Gasteiger charge is -2.06. The first kappa shape index (κ1) is 15.4. The second-order valence-corrected chi connectivity index (χ2v) is 5.65. The third-order valence-corrected chi connectivity index (χ3v) is 4.35. The summed E-state index contributed by atoms with van der Waals surface area (Å²) in [6.45, 7) is 2.45. The third-order valence-electron chi connectivity index (χ3n) is 3.10. The molecular formula is C16H18O4S. The minimum atomic E-state index is -0.931. The quantitative estimate of drug-likeness (QED) is 0.848. The predicted molar refractivity (Wildman–Crippen MR) is 82.8 cm³/mol. The van der Waals surface area contributed by atoms with E-state index >= 15 is 0 Å². The topological polar surface area (TPSA) is 55.8 Å². The Bertz CT molecular complexity index is 601. The number of thiophene rings is 1. The Balaban J connectivity index is 1.96. The molecule has 0 aliphatic carbocycles. The SMILES string of the molecule is CCc1cc(OCCc2ccc(OC)cc2)c(C(=O)O)s1. The van der Waals surface area contributed by atoms with E-state index in [1.54, 1.807) is 7.11 Å². The number of methoxy groups -OCH3 is 1. The molecule has 0 aliphatic rings. The van der Waals surface area contributed by atoms with Gasteiger partial charge in [0.05, 0.1) is 13.7 Å². The lowest BCUT2D eigenvalue weighted by Crippen LogP contribution is -2.04. The number of carboxylic acids is 1. The fourth-order valence-electron chi connectivity index (χ4n) is 1.92. The van der Waals surface area contributed by atoms with E-state index in [9.17, 15) is 4.79 Å². The number of ether oxygens (including phenoxy) is 2. The van der Waals surface area contributed by atoms with E-state index in [4.69, 9.17) is 14.6 Å². The van der Waals surface area contributed by atoms with E-state index in [-0.39, 0.29) is 4.88 Å². The number of hydrogen-bond acceptors (Lipinski definition) is 4. The van der Waals surface area contributed by atoms with Crippen molar-refractivity contribution in [3.63, 3.8) is 0 Å². The summed E-state index contributed by atoms with van der Waals surface area (Å²) in [5.74, 6) is 0.357. The highest BCUT2D eigenvalue weighted by Gasteiger charge is 2.16. The Morgan fingerprint density at radius 3 is 2.57 bits per heavy atom. The van der Waals surface area contributed by atoms with Gasteiger partial charge in [-0.2, -0.15) is 0 Å². The summed E-state index contributed by atoms with van der Waals surface area (Å²) in [7, 11) is 1.63. The zero-order valence-corrected chi connectivity index (χ0v) is 12.9. The number of hydrogen-bond donors (Lipinski definition) is 1. The molecule has 0 bridgehead atoms. The van der Waals surface area contributed by atoms with Crippen LogP contribution in [0, 0.1) is 0 Å². The van der Waals surface area contributed by atoms with Crippen LogP contribution in [-0.2, 0) is 12.8 Å². The largest absolute Gasteiger partial charge is 0.497 e. The maximum absolute atomic E-state index is 11.2. The van der Waals surface area contributed by atoms with Gasteiger partial charge >= 0.3 is 5.97 Å². The minimum absolute atomic E-state index is 0.279. The highest BCUT2D eigenvalue weighted by molar-refractivity contribution is 7.14. The molecule has 0 fully saturated rings. The molecule has 0 saturated carbocycles. The second kappa shape index (κ2) is 7.13. The number of aryl methyl sites for hydroxylation is 1. The van der Waals surface area contributed by atoms with Crippen molar-refractivity contribution in [1.29, 1.82) is 0 Å². The van der Waals surface area contributed by atoms with Crippen molar-refractivity contribution in [3.8, 4) is 11.5 Å². The van der Waals surface area contributed by atoms with Gasteiger partial charge in [-0.05, 0) is 30.2 Å². The van der Waals surface area contributed by atoms with Gasteiger partial charge in [-0.25, -0.2) is 4.79 Å². The van der Waals surface area contributed by atoms with Crippen LogP contribution in [0.4, 0.5) is 0 Å². The van der Waals surface area contributed by atoms with Crippen LogP contribution in [-0.4, -0.2) is 24.8 Å². The molecule has 2 aromatic rings. The number of rotatable bonds is 7. The van der Waals surface area contributed by atoms with E-state index in [1.165, 1.54) is 11.3 Å². The van der Waals surface area contributed by atoms with Gasteiger partial charge in [0.25, 0.3) is 0 Å². The van der Waals surface area contributed by atoms with Gasteiger partial charge in [-0.3, -0.25) is 0 Å². The average molecular weight is 306 g/mol. The van der Waals surface area contributed by atoms with Crippen LogP contribution in [0.2, 0.25) is 0 Å². The molecule has 1 aromatic carbocycles. The van der Waals surface area contributed by atoms with Crippen molar-refractivity contribution in [2.24, 2.45) is 0 Å². The number of carbonyl (C=O) groups is 1. The molecule has 1 aromatic heterocycles. The van der Waals surface area contributed by atoms with Crippen LogP contribution in [0.15, 0.2) is 30.3 Å². The molecule has 1 N–H and O–H groups in total. The summed E-state index contributed by atoms with van der Waals surface area (Å²) in [6, 6.07) is 9.58. The van der Waals surface area contributed by atoms with Gasteiger partial charge < -0.3 is 14.6 Å².